The van der Waals surface area contributed by atoms with Gasteiger partial charge in [-0.05, 0) is 29.8 Å². The summed E-state index contributed by atoms with van der Waals surface area (Å²) in [6.45, 7) is 0.407. The summed E-state index contributed by atoms with van der Waals surface area (Å²) in [4.78, 5) is 2.86. The summed E-state index contributed by atoms with van der Waals surface area (Å²) < 4.78 is 37.6. The fraction of sp³-hybridized carbons (Fsp3) is 0.167. The molecule has 96 valence electrons. The third kappa shape index (κ3) is 2.98. The van der Waals surface area contributed by atoms with Gasteiger partial charge in [0.1, 0.15) is 0 Å². The molecule has 0 fully saturated rings. The van der Waals surface area contributed by atoms with E-state index in [2.05, 4.69) is 10.3 Å². The van der Waals surface area contributed by atoms with E-state index in [1.165, 1.54) is 6.07 Å². The summed E-state index contributed by atoms with van der Waals surface area (Å²) in [5.41, 5.74) is 0.486. The third-order valence-corrected chi connectivity index (χ3v) is 2.77. The number of H-pyrrole nitrogens is 1. The molecule has 0 unspecified atom stereocenters. The van der Waals surface area contributed by atoms with Crippen LogP contribution in [0.5, 0.6) is 0 Å². The van der Waals surface area contributed by atoms with Gasteiger partial charge in [-0.15, -0.1) is 0 Å². The van der Waals surface area contributed by atoms with Crippen molar-refractivity contribution < 1.29 is 13.2 Å². The SMILES string of the molecule is FC(F)(F)c1ccc(Cl)c(NCc2cc[nH]c2)c1. The molecule has 0 saturated carbocycles. The first-order chi connectivity index (χ1) is 8.47. The zero-order valence-electron chi connectivity index (χ0n) is 9.18. The van der Waals surface area contributed by atoms with E-state index in [-0.39, 0.29) is 10.7 Å². The lowest BCUT2D eigenvalue weighted by atomic mass is 10.2. The molecule has 18 heavy (non-hydrogen) atoms. The smallest absolute Gasteiger partial charge is 0.380 e. The van der Waals surface area contributed by atoms with Crippen LogP contribution in [0.2, 0.25) is 5.02 Å². The van der Waals surface area contributed by atoms with Crippen molar-refractivity contribution >= 4 is 17.3 Å². The van der Waals surface area contributed by atoms with Crippen molar-refractivity contribution in [3.05, 3.63) is 52.8 Å². The van der Waals surface area contributed by atoms with Crippen molar-refractivity contribution in [3.8, 4) is 0 Å². The van der Waals surface area contributed by atoms with Gasteiger partial charge < -0.3 is 10.3 Å². The standard InChI is InChI=1S/C12H10ClF3N2/c13-10-2-1-9(12(14,15)16)5-11(10)18-7-8-3-4-17-6-8/h1-6,17-18H,7H2. The van der Waals surface area contributed by atoms with E-state index >= 15 is 0 Å². The molecule has 2 N–H and O–H groups in total. The quantitative estimate of drug-likeness (QED) is 0.858. The predicted octanol–water partition coefficient (Wildman–Crippen LogP) is 4.30. The number of hydrogen-bond acceptors (Lipinski definition) is 1. The van der Waals surface area contributed by atoms with E-state index < -0.39 is 11.7 Å². The number of aromatic nitrogens is 1. The maximum absolute atomic E-state index is 12.5. The summed E-state index contributed by atoms with van der Waals surface area (Å²) in [5, 5.41) is 3.14. The zero-order chi connectivity index (χ0) is 13.2. The Morgan fingerprint density at radius 2 is 2.00 bits per heavy atom. The summed E-state index contributed by atoms with van der Waals surface area (Å²) in [6, 6.07) is 5.04. The third-order valence-electron chi connectivity index (χ3n) is 2.44. The summed E-state index contributed by atoms with van der Waals surface area (Å²) >= 11 is 5.85. The molecule has 1 aromatic heterocycles. The zero-order valence-corrected chi connectivity index (χ0v) is 9.94. The van der Waals surface area contributed by atoms with Gasteiger partial charge in [0, 0.05) is 18.9 Å². The van der Waals surface area contributed by atoms with Gasteiger partial charge in [0.15, 0.2) is 0 Å². The van der Waals surface area contributed by atoms with Crippen LogP contribution in [0, 0.1) is 0 Å². The second kappa shape index (κ2) is 4.94. The van der Waals surface area contributed by atoms with Gasteiger partial charge >= 0.3 is 6.18 Å². The summed E-state index contributed by atoms with van der Waals surface area (Å²) in [5.74, 6) is 0. The second-order valence-electron chi connectivity index (χ2n) is 3.77. The van der Waals surface area contributed by atoms with Crippen LogP contribution in [0.3, 0.4) is 0 Å². The van der Waals surface area contributed by atoms with E-state index in [1.807, 2.05) is 6.07 Å². The monoisotopic (exact) mass is 274 g/mol. The van der Waals surface area contributed by atoms with Crippen LogP contribution in [0.1, 0.15) is 11.1 Å². The van der Waals surface area contributed by atoms with E-state index in [0.717, 1.165) is 17.7 Å². The highest BCUT2D eigenvalue weighted by molar-refractivity contribution is 6.33. The fourth-order valence-electron chi connectivity index (χ4n) is 1.50. The van der Waals surface area contributed by atoms with Crippen LogP contribution in [0.4, 0.5) is 18.9 Å². The van der Waals surface area contributed by atoms with E-state index in [9.17, 15) is 13.2 Å². The maximum Gasteiger partial charge on any atom is 0.416 e. The van der Waals surface area contributed by atoms with Crippen LogP contribution >= 0.6 is 11.6 Å². The molecule has 0 amide bonds. The number of aromatic amines is 1. The van der Waals surface area contributed by atoms with Gasteiger partial charge in [0.25, 0.3) is 0 Å². The van der Waals surface area contributed by atoms with E-state index in [1.54, 1.807) is 12.4 Å². The first-order valence-electron chi connectivity index (χ1n) is 5.19. The van der Waals surface area contributed by atoms with Crippen molar-refractivity contribution in [3.63, 3.8) is 0 Å². The van der Waals surface area contributed by atoms with Crippen molar-refractivity contribution in [1.29, 1.82) is 0 Å². The van der Waals surface area contributed by atoms with Crippen molar-refractivity contribution in [2.24, 2.45) is 0 Å². The van der Waals surface area contributed by atoms with Gasteiger partial charge in [0.2, 0.25) is 0 Å². The maximum atomic E-state index is 12.5. The van der Waals surface area contributed by atoms with Crippen LogP contribution in [-0.2, 0) is 12.7 Å². The Morgan fingerprint density at radius 3 is 2.61 bits per heavy atom. The first kappa shape index (κ1) is 12.8. The Morgan fingerprint density at radius 1 is 1.22 bits per heavy atom. The minimum atomic E-state index is -4.37. The number of benzene rings is 1. The van der Waals surface area contributed by atoms with Gasteiger partial charge in [-0.1, -0.05) is 11.6 Å². The van der Waals surface area contributed by atoms with Crippen LogP contribution in [0.25, 0.3) is 0 Å². The highest BCUT2D eigenvalue weighted by atomic mass is 35.5. The van der Waals surface area contributed by atoms with Crippen LogP contribution < -0.4 is 5.32 Å². The number of alkyl halides is 3. The molecule has 1 heterocycles. The van der Waals surface area contributed by atoms with E-state index in [0.29, 0.717) is 6.54 Å². The molecule has 0 aliphatic carbocycles. The number of rotatable bonds is 3. The molecular weight excluding hydrogens is 265 g/mol. The second-order valence-corrected chi connectivity index (χ2v) is 4.17. The molecular formula is C12H10ClF3N2. The van der Waals surface area contributed by atoms with Crippen LogP contribution in [0.15, 0.2) is 36.7 Å². The molecule has 0 atom stereocenters. The normalized spacial score (nSPS) is 11.6. The lowest BCUT2D eigenvalue weighted by Crippen LogP contribution is -2.06. The Hall–Kier alpha value is -1.62. The molecule has 0 spiro atoms. The molecule has 2 aromatic rings. The average molecular weight is 275 g/mol. The summed E-state index contributed by atoms with van der Waals surface area (Å²) in [7, 11) is 0. The van der Waals surface area contributed by atoms with Crippen molar-refractivity contribution in [2.75, 3.05) is 5.32 Å². The first-order valence-corrected chi connectivity index (χ1v) is 5.57. The number of nitrogens with one attached hydrogen (secondary N) is 2. The average Bonchev–Trinajstić information content (AvgIpc) is 2.79. The molecule has 0 saturated heterocycles. The molecule has 0 bridgehead atoms. The number of halogens is 4. The number of anilines is 1. The molecule has 0 aliphatic rings. The Balaban J connectivity index is 2.16. The summed E-state index contributed by atoms with van der Waals surface area (Å²) in [6.07, 6.45) is -0.867. The lowest BCUT2D eigenvalue weighted by molar-refractivity contribution is -0.137. The Labute approximate surface area is 107 Å². The molecule has 2 nitrogen and oxygen atoms in total. The molecule has 6 heteroatoms. The largest absolute Gasteiger partial charge is 0.416 e. The fourth-order valence-corrected chi connectivity index (χ4v) is 1.69. The topological polar surface area (TPSA) is 27.8 Å². The minimum Gasteiger partial charge on any atom is -0.380 e. The lowest BCUT2D eigenvalue weighted by Gasteiger charge is -2.11. The van der Waals surface area contributed by atoms with Crippen molar-refractivity contribution in [2.45, 2.75) is 12.7 Å². The molecule has 1 aromatic carbocycles. The number of hydrogen-bond donors (Lipinski definition) is 2. The Kier molecular flexibility index (Phi) is 3.52. The highest BCUT2D eigenvalue weighted by Gasteiger charge is 2.30. The molecule has 2 rings (SSSR count). The van der Waals surface area contributed by atoms with Gasteiger partial charge in [0.05, 0.1) is 16.3 Å². The van der Waals surface area contributed by atoms with E-state index in [4.69, 9.17) is 11.6 Å². The molecule has 0 radical (unpaired) electrons. The molecule has 0 aliphatic heterocycles. The van der Waals surface area contributed by atoms with Gasteiger partial charge in [-0.3, -0.25) is 0 Å². The predicted molar refractivity (Wildman–Crippen MR) is 64.6 cm³/mol. The van der Waals surface area contributed by atoms with Crippen LogP contribution in [-0.4, -0.2) is 4.98 Å². The Bertz CT molecular complexity index is 521. The van der Waals surface area contributed by atoms with Crippen molar-refractivity contribution in [1.82, 2.24) is 4.98 Å². The van der Waals surface area contributed by atoms with Gasteiger partial charge in [-0.2, -0.15) is 13.2 Å². The highest BCUT2D eigenvalue weighted by Crippen LogP contribution is 2.33. The van der Waals surface area contributed by atoms with Gasteiger partial charge in [-0.25, -0.2) is 0 Å². The minimum absolute atomic E-state index is 0.263.